The van der Waals surface area contributed by atoms with E-state index in [-0.39, 0.29) is 0 Å². The monoisotopic (exact) mass is 165 g/mol. The van der Waals surface area contributed by atoms with Crippen LogP contribution in [0.25, 0.3) is 0 Å². The Kier molecular flexibility index (Phi) is 7.84. The van der Waals surface area contributed by atoms with Crippen LogP contribution in [0.2, 0.25) is 0 Å². The molecule has 0 radical (unpaired) electrons. The lowest BCUT2D eigenvalue weighted by Gasteiger charge is -2.13. The maximum Gasteiger partial charge on any atom is 0.0110 e. The van der Waals surface area contributed by atoms with Crippen LogP contribution in [0.3, 0.4) is 0 Å². The molecule has 1 nitrogen and oxygen atoms in total. The van der Waals surface area contributed by atoms with Gasteiger partial charge in [-0.25, -0.2) is 0 Å². The van der Waals surface area contributed by atoms with Gasteiger partial charge in [-0.3, -0.25) is 0 Å². The minimum absolute atomic E-state index is 0.563. The molecule has 0 heterocycles. The minimum atomic E-state index is 0.563. The first kappa shape index (κ1) is 11.3. The highest BCUT2D eigenvalue weighted by atomic mass is 14.9. The molecule has 0 spiro atoms. The fourth-order valence-corrected chi connectivity index (χ4v) is 1.16. The highest BCUT2D eigenvalue weighted by Crippen LogP contribution is 2.01. The minimum Gasteiger partial charge on any atom is -0.314 e. The van der Waals surface area contributed by atoms with E-state index in [0.717, 1.165) is 25.8 Å². The zero-order valence-corrected chi connectivity index (χ0v) is 8.19. The molecule has 0 fully saturated rings. The van der Waals surface area contributed by atoms with Crippen molar-refractivity contribution in [2.75, 3.05) is 6.54 Å². The molecule has 1 N–H and O–H groups in total. The molecule has 0 aromatic carbocycles. The van der Waals surface area contributed by atoms with E-state index in [1.54, 1.807) is 0 Å². The summed E-state index contributed by atoms with van der Waals surface area (Å²) in [5.41, 5.74) is 0. The molecule has 1 unspecified atom stereocenters. The van der Waals surface area contributed by atoms with Crippen LogP contribution in [0.4, 0.5) is 0 Å². The summed E-state index contributed by atoms with van der Waals surface area (Å²) in [5.74, 6) is 5.97. The van der Waals surface area contributed by atoms with Gasteiger partial charge in [-0.2, -0.15) is 0 Å². The van der Waals surface area contributed by atoms with Crippen molar-refractivity contribution in [2.45, 2.75) is 39.2 Å². The fourth-order valence-electron chi connectivity index (χ4n) is 1.16. The van der Waals surface area contributed by atoms with Gasteiger partial charge in [0.15, 0.2) is 0 Å². The molecular formula is C11H19N. The molecule has 0 saturated heterocycles. The second-order valence-corrected chi connectivity index (χ2v) is 2.74. The van der Waals surface area contributed by atoms with Gasteiger partial charge < -0.3 is 5.32 Å². The first-order valence-electron chi connectivity index (χ1n) is 4.59. The van der Waals surface area contributed by atoms with Gasteiger partial charge in [0.25, 0.3) is 0 Å². The van der Waals surface area contributed by atoms with Crippen LogP contribution in [0.5, 0.6) is 0 Å². The summed E-state index contributed by atoms with van der Waals surface area (Å²) in [7, 11) is 0. The zero-order valence-electron chi connectivity index (χ0n) is 8.19. The largest absolute Gasteiger partial charge is 0.314 e. The van der Waals surface area contributed by atoms with Gasteiger partial charge in [0.1, 0.15) is 0 Å². The molecule has 0 bridgehead atoms. The highest BCUT2D eigenvalue weighted by Gasteiger charge is 2.02. The van der Waals surface area contributed by atoms with Gasteiger partial charge in [0.2, 0.25) is 0 Å². The lowest BCUT2D eigenvalue weighted by Crippen LogP contribution is -2.27. The Morgan fingerprint density at radius 2 is 2.33 bits per heavy atom. The average Bonchev–Trinajstić information content (AvgIpc) is 2.06. The first-order chi connectivity index (χ1) is 5.85. The Bertz CT molecular complexity index is 162. The zero-order chi connectivity index (χ0) is 9.23. The predicted molar refractivity (Wildman–Crippen MR) is 55.0 cm³/mol. The SMILES string of the molecule is C=CCC(CCC#CC)NCC. The molecule has 0 aliphatic rings. The van der Waals surface area contributed by atoms with E-state index in [2.05, 4.69) is 30.7 Å². The third-order valence-corrected chi connectivity index (χ3v) is 1.74. The van der Waals surface area contributed by atoms with Crippen molar-refractivity contribution in [3.05, 3.63) is 12.7 Å². The Hall–Kier alpha value is -0.740. The second-order valence-electron chi connectivity index (χ2n) is 2.74. The Morgan fingerprint density at radius 1 is 1.58 bits per heavy atom. The van der Waals surface area contributed by atoms with E-state index in [1.165, 1.54) is 0 Å². The molecular weight excluding hydrogens is 146 g/mol. The Labute approximate surface area is 76.2 Å². The topological polar surface area (TPSA) is 12.0 Å². The summed E-state index contributed by atoms with van der Waals surface area (Å²) in [6, 6.07) is 0.563. The summed E-state index contributed by atoms with van der Waals surface area (Å²) in [6.45, 7) is 8.77. The van der Waals surface area contributed by atoms with Gasteiger partial charge in [-0.05, 0) is 26.3 Å². The maximum absolute atomic E-state index is 3.73. The van der Waals surface area contributed by atoms with Crippen LogP contribution in [-0.4, -0.2) is 12.6 Å². The van der Waals surface area contributed by atoms with Crippen LogP contribution in [-0.2, 0) is 0 Å². The standard InChI is InChI=1S/C11H19N/c1-4-7-8-10-11(9-5-2)12-6-3/h5,11-12H,2,6,8-10H2,1,3H3. The summed E-state index contributed by atoms with van der Waals surface area (Å²) in [6.07, 6.45) is 5.12. The molecule has 0 aromatic heterocycles. The van der Waals surface area contributed by atoms with Gasteiger partial charge in [0.05, 0.1) is 0 Å². The fraction of sp³-hybridized carbons (Fsp3) is 0.636. The van der Waals surface area contributed by atoms with Crippen LogP contribution in [0.15, 0.2) is 12.7 Å². The Balaban J connectivity index is 3.59. The van der Waals surface area contributed by atoms with Crippen LogP contribution in [0, 0.1) is 11.8 Å². The van der Waals surface area contributed by atoms with E-state index in [1.807, 2.05) is 13.0 Å². The molecule has 0 rings (SSSR count). The van der Waals surface area contributed by atoms with Crippen molar-refractivity contribution in [2.24, 2.45) is 0 Å². The normalized spacial score (nSPS) is 11.5. The summed E-state index contributed by atoms with van der Waals surface area (Å²) < 4.78 is 0. The molecule has 0 aliphatic heterocycles. The third-order valence-electron chi connectivity index (χ3n) is 1.74. The van der Waals surface area contributed by atoms with Gasteiger partial charge in [0, 0.05) is 12.5 Å². The summed E-state index contributed by atoms with van der Waals surface area (Å²) in [5, 5.41) is 3.40. The van der Waals surface area contributed by atoms with Crippen molar-refractivity contribution < 1.29 is 0 Å². The molecule has 12 heavy (non-hydrogen) atoms. The van der Waals surface area contributed by atoms with Crippen molar-refractivity contribution in [1.29, 1.82) is 0 Å². The van der Waals surface area contributed by atoms with E-state index < -0.39 is 0 Å². The molecule has 1 atom stereocenters. The quantitative estimate of drug-likeness (QED) is 0.470. The van der Waals surface area contributed by atoms with E-state index in [4.69, 9.17) is 0 Å². The molecule has 0 aliphatic carbocycles. The number of hydrogen-bond acceptors (Lipinski definition) is 1. The van der Waals surface area contributed by atoms with Gasteiger partial charge in [-0.1, -0.05) is 13.0 Å². The molecule has 0 amide bonds. The van der Waals surface area contributed by atoms with Crippen molar-refractivity contribution >= 4 is 0 Å². The van der Waals surface area contributed by atoms with Crippen molar-refractivity contribution in [3.63, 3.8) is 0 Å². The number of nitrogens with one attached hydrogen (secondary N) is 1. The van der Waals surface area contributed by atoms with Crippen LogP contribution < -0.4 is 5.32 Å². The maximum atomic E-state index is 3.73. The smallest absolute Gasteiger partial charge is 0.0110 e. The van der Waals surface area contributed by atoms with Crippen molar-refractivity contribution in [3.8, 4) is 11.8 Å². The second kappa shape index (κ2) is 8.36. The van der Waals surface area contributed by atoms with Crippen molar-refractivity contribution in [1.82, 2.24) is 5.32 Å². The first-order valence-corrected chi connectivity index (χ1v) is 4.59. The molecule has 0 saturated carbocycles. The average molecular weight is 165 g/mol. The lowest BCUT2D eigenvalue weighted by atomic mass is 10.1. The molecule has 68 valence electrons. The third kappa shape index (κ3) is 6.00. The molecule has 0 aromatic rings. The van der Waals surface area contributed by atoms with Gasteiger partial charge in [-0.15, -0.1) is 18.4 Å². The van der Waals surface area contributed by atoms with Gasteiger partial charge >= 0.3 is 0 Å². The predicted octanol–water partition coefficient (Wildman–Crippen LogP) is 2.34. The van der Waals surface area contributed by atoms with Crippen LogP contribution >= 0.6 is 0 Å². The lowest BCUT2D eigenvalue weighted by molar-refractivity contribution is 0.505. The summed E-state index contributed by atoms with van der Waals surface area (Å²) >= 11 is 0. The number of hydrogen-bond donors (Lipinski definition) is 1. The molecule has 1 heteroatoms. The van der Waals surface area contributed by atoms with E-state index >= 15 is 0 Å². The Morgan fingerprint density at radius 3 is 2.83 bits per heavy atom. The van der Waals surface area contributed by atoms with E-state index in [0.29, 0.717) is 6.04 Å². The summed E-state index contributed by atoms with van der Waals surface area (Å²) in [4.78, 5) is 0. The number of rotatable bonds is 6. The van der Waals surface area contributed by atoms with E-state index in [9.17, 15) is 0 Å². The van der Waals surface area contributed by atoms with Crippen LogP contribution in [0.1, 0.15) is 33.1 Å². The highest BCUT2D eigenvalue weighted by molar-refractivity contribution is 4.96.